The van der Waals surface area contributed by atoms with Crippen LogP contribution in [0.1, 0.15) is 76.7 Å². The molecule has 0 heterocycles. The summed E-state index contributed by atoms with van der Waals surface area (Å²) in [6.07, 6.45) is 17.2. The number of hydrogen-bond acceptors (Lipinski definition) is 1. The van der Waals surface area contributed by atoms with Gasteiger partial charge in [0.25, 0.3) is 0 Å². The first-order valence-electron chi connectivity index (χ1n) is 9.05. The predicted molar refractivity (Wildman–Crippen MR) is 115 cm³/mol. The SMILES string of the molecule is Br.CCCCCCCCCCCCP(C)Cc1ccccc1.N. The first kappa shape index (κ1) is 25.3. The molecule has 1 aromatic carbocycles. The topological polar surface area (TPSA) is 35.0 Å². The van der Waals surface area contributed by atoms with Crippen LogP contribution in [0.2, 0.25) is 0 Å². The predicted octanol–water partition coefficient (Wildman–Crippen LogP) is 7.96. The molecule has 3 N–H and O–H groups in total. The lowest BCUT2D eigenvalue weighted by Gasteiger charge is -2.12. The summed E-state index contributed by atoms with van der Waals surface area (Å²) in [4.78, 5) is 0. The average molecular weight is 404 g/mol. The molecule has 0 aliphatic rings. The van der Waals surface area contributed by atoms with Crippen molar-refractivity contribution in [1.29, 1.82) is 0 Å². The van der Waals surface area contributed by atoms with Crippen molar-refractivity contribution in [2.75, 3.05) is 12.8 Å². The van der Waals surface area contributed by atoms with E-state index in [9.17, 15) is 0 Å². The number of hydrogen-bond donors (Lipinski definition) is 1. The molecule has 136 valence electrons. The fraction of sp³-hybridized carbons (Fsp3) is 0.700. The normalized spacial score (nSPS) is 11.4. The maximum atomic E-state index is 2.47. The van der Waals surface area contributed by atoms with E-state index in [-0.39, 0.29) is 31.1 Å². The van der Waals surface area contributed by atoms with Crippen LogP contribution < -0.4 is 6.15 Å². The lowest BCUT2D eigenvalue weighted by atomic mass is 10.1. The van der Waals surface area contributed by atoms with Crippen LogP contribution >= 0.6 is 24.9 Å². The molecule has 0 aliphatic carbocycles. The van der Waals surface area contributed by atoms with E-state index in [4.69, 9.17) is 0 Å². The van der Waals surface area contributed by atoms with Gasteiger partial charge in [0.1, 0.15) is 0 Å². The molecule has 0 amide bonds. The maximum absolute atomic E-state index is 2.47. The fourth-order valence-corrected chi connectivity index (χ4v) is 4.60. The molecule has 0 saturated heterocycles. The molecule has 0 bridgehead atoms. The van der Waals surface area contributed by atoms with Crippen molar-refractivity contribution in [3.63, 3.8) is 0 Å². The molecule has 1 rings (SSSR count). The molecular weight excluding hydrogens is 365 g/mol. The highest BCUT2D eigenvalue weighted by Crippen LogP contribution is 2.36. The quantitative estimate of drug-likeness (QED) is 0.263. The summed E-state index contributed by atoms with van der Waals surface area (Å²) in [6.45, 7) is 4.76. The Labute approximate surface area is 157 Å². The molecule has 0 spiro atoms. The van der Waals surface area contributed by atoms with Crippen molar-refractivity contribution in [3.05, 3.63) is 35.9 Å². The van der Waals surface area contributed by atoms with Crippen LogP contribution in [-0.4, -0.2) is 12.8 Å². The second kappa shape index (κ2) is 18.4. The van der Waals surface area contributed by atoms with Gasteiger partial charge in [-0.3, -0.25) is 0 Å². The maximum Gasteiger partial charge on any atom is -0.00756 e. The molecule has 1 nitrogen and oxygen atoms in total. The van der Waals surface area contributed by atoms with Crippen LogP contribution in [0.3, 0.4) is 0 Å². The molecular formula is C20H39BrNP. The highest BCUT2D eigenvalue weighted by Gasteiger charge is 2.02. The molecule has 1 aromatic rings. The summed E-state index contributed by atoms with van der Waals surface area (Å²) < 4.78 is 0. The van der Waals surface area contributed by atoms with Crippen molar-refractivity contribution in [2.45, 2.75) is 77.3 Å². The molecule has 0 aromatic heterocycles. The minimum absolute atomic E-state index is 0. The zero-order chi connectivity index (χ0) is 15.2. The first-order chi connectivity index (χ1) is 10.3. The van der Waals surface area contributed by atoms with Crippen molar-refractivity contribution in [3.8, 4) is 0 Å². The Hall–Kier alpha value is 0.0900. The molecule has 0 aliphatic heterocycles. The highest BCUT2D eigenvalue weighted by molar-refractivity contribution is 8.93. The van der Waals surface area contributed by atoms with E-state index in [0.717, 1.165) is 0 Å². The standard InChI is InChI=1S/C20H35P.BrH.H3N/c1-3-4-5-6-7-8-9-10-11-15-18-21(2)19-20-16-13-12-14-17-20;;/h12-14,16-17H,3-11,15,18-19H2,1-2H3;1H;1H3. The Morgan fingerprint density at radius 3 is 1.74 bits per heavy atom. The Morgan fingerprint density at radius 2 is 1.22 bits per heavy atom. The summed E-state index contributed by atoms with van der Waals surface area (Å²) in [5, 5.41) is 0. The zero-order valence-corrected chi connectivity index (χ0v) is 18.0. The zero-order valence-electron chi connectivity index (χ0n) is 15.4. The van der Waals surface area contributed by atoms with Gasteiger partial charge >= 0.3 is 0 Å². The van der Waals surface area contributed by atoms with Crippen molar-refractivity contribution >= 4 is 24.9 Å². The molecule has 0 fully saturated rings. The summed E-state index contributed by atoms with van der Waals surface area (Å²) in [5.74, 6) is 0. The van der Waals surface area contributed by atoms with E-state index in [1.165, 1.54) is 82.1 Å². The Morgan fingerprint density at radius 1 is 0.739 bits per heavy atom. The largest absolute Gasteiger partial charge is 0.344 e. The van der Waals surface area contributed by atoms with E-state index < -0.39 is 0 Å². The van der Waals surface area contributed by atoms with E-state index in [0.29, 0.717) is 0 Å². The van der Waals surface area contributed by atoms with Gasteiger partial charge in [-0.05, 0) is 31.0 Å². The minimum atomic E-state index is 0. The molecule has 0 radical (unpaired) electrons. The van der Waals surface area contributed by atoms with Gasteiger partial charge in [0, 0.05) is 0 Å². The van der Waals surface area contributed by atoms with Crippen LogP contribution in [0.4, 0.5) is 0 Å². The van der Waals surface area contributed by atoms with E-state index >= 15 is 0 Å². The van der Waals surface area contributed by atoms with Crippen LogP contribution in [0, 0.1) is 0 Å². The third kappa shape index (κ3) is 15.4. The summed E-state index contributed by atoms with van der Waals surface area (Å²) >= 11 is 0. The average Bonchev–Trinajstić information content (AvgIpc) is 2.50. The van der Waals surface area contributed by atoms with E-state index in [1.807, 2.05) is 0 Å². The summed E-state index contributed by atoms with van der Waals surface area (Å²) in [6, 6.07) is 11.0. The van der Waals surface area contributed by atoms with E-state index in [1.54, 1.807) is 0 Å². The molecule has 23 heavy (non-hydrogen) atoms. The van der Waals surface area contributed by atoms with Crippen LogP contribution in [-0.2, 0) is 6.16 Å². The van der Waals surface area contributed by atoms with Crippen molar-refractivity contribution in [1.82, 2.24) is 6.15 Å². The van der Waals surface area contributed by atoms with Gasteiger partial charge in [-0.1, -0.05) is 95.0 Å². The number of halogens is 1. The van der Waals surface area contributed by atoms with Gasteiger partial charge in [-0.25, -0.2) is 0 Å². The monoisotopic (exact) mass is 403 g/mol. The van der Waals surface area contributed by atoms with Crippen LogP contribution in [0.15, 0.2) is 30.3 Å². The second-order valence-corrected chi connectivity index (χ2v) is 8.88. The van der Waals surface area contributed by atoms with Gasteiger partial charge in [0.2, 0.25) is 0 Å². The molecule has 1 atom stereocenters. The van der Waals surface area contributed by atoms with Gasteiger partial charge in [0.05, 0.1) is 0 Å². The van der Waals surface area contributed by atoms with Gasteiger partial charge < -0.3 is 6.15 Å². The summed E-state index contributed by atoms with van der Waals surface area (Å²) in [5.41, 5.74) is 1.53. The Bertz CT molecular complexity index is 332. The lowest BCUT2D eigenvalue weighted by Crippen LogP contribution is -1.89. The van der Waals surface area contributed by atoms with Gasteiger partial charge in [-0.15, -0.1) is 24.9 Å². The third-order valence-electron chi connectivity index (χ3n) is 4.19. The Kier molecular flexibility index (Phi) is 20.3. The van der Waals surface area contributed by atoms with Gasteiger partial charge in [0.15, 0.2) is 0 Å². The van der Waals surface area contributed by atoms with Crippen LogP contribution in [0.25, 0.3) is 0 Å². The second-order valence-electron chi connectivity index (χ2n) is 6.41. The minimum Gasteiger partial charge on any atom is -0.344 e. The number of unbranched alkanes of at least 4 members (excludes halogenated alkanes) is 9. The Balaban J connectivity index is 0. The molecule has 1 unspecified atom stereocenters. The lowest BCUT2D eigenvalue weighted by molar-refractivity contribution is 0.563. The number of rotatable bonds is 13. The summed E-state index contributed by atoms with van der Waals surface area (Å²) in [7, 11) is 0.209. The van der Waals surface area contributed by atoms with Crippen molar-refractivity contribution < 1.29 is 0 Å². The van der Waals surface area contributed by atoms with E-state index in [2.05, 4.69) is 43.9 Å². The van der Waals surface area contributed by atoms with Crippen LogP contribution in [0.5, 0.6) is 0 Å². The van der Waals surface area contributed by atoms with Gasteiger partial charge in [-0.2, -0.15) is 0 Å². The van der Waals surface area contributed by atoms with Crippen molar-refractivity contribution in [2.24, 2.45) is 0 Å². The number of benzene rings is 1. The fourth-order valence-electron chi connectivity index (χ4n) is 2.84. The molecule has 0 saturated carbocycles. The first-order valence-corrected chi connectivity index (χ1v) is 11.2. The highest BCUT2D eigenvalue weighted by atomic mass is 79.9. The third-order valence-corrected chi connectivity index (χ3v) is 6.17. The smallest absolute Gasteiger partial charge is 0.00756 e. The molecule has 3 heteroatoms.